The summed E-state index contributed by atoms with van der Waals surface area (Å²) in [6, 6.07) is 5.09. The summed E-state index contributed by atoms with van der Waals surface area (Å²) in [5.74, 6) is 0.263. The largest absolute Gasteiger partial charge is 0.392 e. The van der Waals surface area contributed by atoms with E-state index in [4.69, 9.17) is 0 Å². The zero-order valence-electron chi connectivity index (χ0n) is 9.87. The second-order valence-corrected chi connectivity index (χ2v) is 5.75. The molecule has 0 aliphatic heterocycles. The van der Waals surface area contributed by atoms with Crippen LogP contribution in [0.2, 0.25) is 0 Å². The Bertz CT molecular complexity index is 395. The van der Waals surface area contributed by atoms with Crippen molar-refractivity contribution in [1.29, 1.82) is 0 Å². The van der Waals surface area contributed by atoms with Crippen molar-refractivity contribution in [2.24, 2.45) is 5.92 Å². The number of hydrogen-bond donors (Lipinski definition) is 1. The van der Waals surface area contributed by atoms with E-state index < -0.39 is 0 Å². The normalized spacial score (nSPS) is 17.5. The maximum Gasteiger partial charge on any atom is 0.128 e. The average molecular weight is 302 g/mol. The molecule has 1 aliphatic rings. The molecule has 1 fully saturated rings. The first kappa shape index (κ1) is 13.0. The highest BCUT2D eigenvalue weighted by Gasteiger charge is 2.30. The molecule has 0 amide bonds. The van der Waals surface area contributed by atoms with Crippen LogP contribution in [0.15, 0.2) is 22.7 Å². The molecule has 0 aromatic heterocycles. The first-order valence-electron chi connectivity index (χ1n) is 5.87. The zero-order chi connectivity index (χ0) is 12.4. The van der Waals surface area contributed by atoms with Crippen molar-refractivity contribution in [2.45, 2.75) is 25.5 Å². The Morgan fingerprint density at radius 3 is 2.82 bits per heavy atom. The molecule has 1 N–H and O–H groups in total. The highest BCUT2D eigenvalue weighted by atomic mass is 79.9. The molecule has 4 heteroatoms. The lowest BCUT2D eigenvalue weighted by Gasteiger charge is -2.20. The van der Waals surface area contributed by atoms with Gasteiger partial charge in [0.15, 0.2) is 0 Å². The number of nitrogens with zero attached hydrogens (tertiary/aromatic N) is 1. The summed E-state index contributed by atoms with van der Waals surface area (Å²) in [4.78, 5) is 1.97. The predicted octanol–water partition coefficient (Wildman–Crippen LogP) is 2.79. The number of likely N-dealkylation sites (N-methyl/N-ethyl adjacent to an activating group) is 1. The van der Waals surface area contributed by atoms with Gasteiger partial charge < -0.3 is 5.11 Å². The van der Waals surface area contributed by atoms with Gasteiger partial charge in [-0.25, -0.2) is 4.39 Å². The van der Waals surface area contributed by atoms with E-state index in [9.17, 15) is 9.50 Å². The Kier molecular flexibility index (Phi) is 4.17. The van der Waals surface area contributed by atoms with Gasteiger partial charge in [0.2, 0.25) is 0 Å². The van der Waals surface area contributed by atoms with Crippen molar-refractivity contribution < 1.29 is 9.50 Å². The van der Waals surface area contributed by atoms with E-state index in [1.54, 1.807) is 6.07 Å². The molecule has 0 saturated heterocycles. The molecule has 2 nitrogen and oxygen atoms in total. The molecule has 17 heavy (non-hydrogen) atoms. The molecule has 1 saturated carbocycles. The first-order valence-corrected chi connectivity index (χ1v) is 6.66. The third-order valence-corrected chi connectivity index (χ3v) is 3.61. The molecule has 0 bridgehead atoms. The molecule has 2 rings (SSSR count). The maximum absolute atomic E-state index is 13.6. The van der Waals surface area contributed by atoms with E-state index in [0.717, 1.165) is 17.3 Å². The fourth-order valence-corrected chi connectivity index (χ4v) is 2.29. The predicted molar refractivity (Wildman–Crippen MR) is 69.2 cm³/mol. The van der Waals surface area contributed by atoms with Crippen molar-refractivity contribution in [1.82, 2.24) is 4.90 Å². The third kappa shape index (κ3) is 3.76. The quantitative estimate of drug-likeness (QED) is 0.904. The van der Waals surface area contributed by atoms with Gasteiger partial charge in [-0.1, -0.05) is 22.0 Å². The monoisotopic (exact) mass is 301 g/mol. The number of aliphatic hydroxyl groups is 1. The summed E-state index contributed by atoms with van der Waals surface area (Å²) < 4.78 is 14.3. The molecule has 0 spiro atoms. The van der Waals surface area contributed by atoms with Gasteiger partial charge in [0.25, 0.3) is 0 Å². The van der Waals surface area contributed by atoms with E-state index in [-0.39, 0.29) is 11.9 Å². The zero-order valence-corrected chi connectivity index (χ0v) is 11.5. The highest BCUT2D eigenvalue weighted by molar-refractivity contribution is 9.10. The van der Waals surface area contributed by atoms with Crippen molar-refractivity contribution in [2.75, 3.05) is 13.6 Å². The topological polar surface area (TPSA) is 23.5 Å². The minimum Gasteiger partial charge on any atom is -0.392 e. The Morgan fingerprint density at radius 1 is 1.53 bits per heavy atom. The van der Waals surface area contributed by atoms with E-state index in [1.807, 2.05) is 18.0 Å². The first-order chi connectivity index (χ1) is 8.06. The summed E-state index contributed by atoms with van der Waals surface area (Å²) >= 11 is 3.24. The van der Waals surface area contributed by atoms with Gasteiger partial charge in [-0.3, -0.25) is 4.90 Å². The SMILES string of the molecule is CN(Cc1ccc(Br)cc1F)CC(O)C1CC1. The highest BCUT2D eigenvalue weighted by Crippen LogP contribution is 2.32. The van der Waals surface area contributed by atoms with Crippen LogP contribution in [0.25, 0.3) is 0 Å². The summed E-state index contributed by atoms with van der Waals surface area (Å²) in [6.45, 7) is 1.14. The van der Waals surface area contributed by atoms with Gasteiger partial charge >= 0.3 is 0 Å². The number of aliphatic hydroxyl groups excluding tert-OH is 1. The van der Waals surface area contributed by atoms with E-state index in [1.165, 1.54) is 6.07 Å². The van der Waals surface area contributed by atoms with Gasteiger partial charge in [-0.2, -0.15) is 0 Å². The van der Waals surface area contributed by atoms with Gasteiger partial charge in [0, 0.05) is 23.1 Å². The van der Waals surface area contributed by atoms with Crippen molar-refractivity contribution >= 4 is 15.9 Å². The molecule has 0 radical (unpaired) electrons. The molecular weight excluding hydrogens is 285 g/mol. The lowest BCUT2D eigenvalue weighted by atomic mass is 10.2. The van der Waals surface area contributed by atoms with Crippen LogP contribution in [0, 0.1) is 11.7 Å². The molecule has 1 aromatic rings. The molecular formula is C13H17BrFNO. The van der Waals surface area contributed by atoms with Crippen molar-refractivity contribution in [3.8, 4) is 0 Å². The van der Waals surface area contributed by atoms with Crippen LogP contribution in [0.1, 0.15) is 18.4 Å². The average Bonchev–Trinajstić information content (AvgIpc) is 3.05. The van der Waals surface area contributed by atoms with Crippen molar-refractivity contribution in [3.63, 3.8) is 0 Å². The second kappa shape index (κ2) is 5.46. The van der Waals surface area contributed by atoms with Gasteiger partial charge in [0.1, 0.15) is 5.82 Å². The molecule has 1 aliphatic carbocycles. The van der Waals surface area contributed by atoms with E-state index in [0.29, 0.717) is 24.6 Å². The Labute approximate surface area is 110 Å². The number of benzene rings is 1. The smallest absolute Gasteiger partial charge is 0.128 e. The minimum absolute atomic E-state index is 0.202. The van der Waals surface area contributed by atoms with Gasteiger partial charge in [-0.05, 0) is 37.9 Å². The number of hydrogen-bond acceptors (Lipinski definition) is 2. The fraction of sp³-hybridized carbons (Fsp3) is 0.538. The second-order valence-electron chi connectivity index (χ2n) is 4.84. The van der Waals surface area contributed by atoms with Crippen LogP contribution in [-0.4, -0.2) is 29.7 Å². The van der Waals surface area contributed by atoms with Crippen LogP contribution in [0.4, 0.5) is 4.39 Å². The standard InChI is InChI=1S/C13H17BrFNO/c1-16(8-13(17)9-2-3-9)7-10-4-5-11(14)6-12(10)15/h4-6,9,13,17H,2-3,7-8H2,1H3. The lowest BCUT2D eigenvalue weighted by Crippen LogP contribution is -2.30. The summed E-state index contributed by atoms with van der Waals surface area (Å²) in [6.07, 6.45) is 1.99. The van der Waals surface area contributed by atoms with Crippen LogP contribution < -0.4 is 0 Å². The minimum atomic E-state index is -0.265. The molecule has 0 heterocycles. The summed E-state index contributed by atoms with van der Waals surface area (Å²) in [7, 11) is 1.91. The summed E-state index contributed by atoms with van der Waals surface area (Å²) in [5.41, 5.74) is 0.665. The maximum atomic E-state index is 13.6. The van der Waals surface area contributed by atoms with Crippen molar-refractivity contribution in [3.05, 3.63) is 34.1 Å². The Hall–Kier alpha value is -0.450. The van der Waals surface area contributed by atoms with Crippen LogP contribution in [-0.2, 0) is 6.54 Å². The van der Waals surface area contributed by atoms with Crippen LogP contribution in [0.3, 0.4) is 0 Å². The summed E-state index contributed by atoms with van der Waals surface area (Å²) in [5, 5.41) is 9.81. The molecule has 94 valence electrons. The van der Waals surface area contributed by atoms with Crippen LogP contribution in [0.5, 0.6) is 0 Å². The third-order valence-electron chi connectivity index (χ3n) is 3.12. The van der Waals surface area contributed by atoms with E-state index >= 15 is 0 Å². The molecule has 1 aromatic carbocycles. The van der Waals surface area contributed by atoms with Gasteiger partial charge in [0.05, 0.1) is 6.10 Å². The molecule has 1 atom stereocenters. The van der Waals surface area contributed by atoms with Gasteiger partial charge in [-0.15, -0.1) is 0 Å². The molecule has 1 unspecified atom stereocenters. The Morgan fingerprint density at radius 2 is 2.24 bits per heavy atom. The number of halogens is 2. The Balaban J connectivity index is 1.90. The fourth-order valence-electron chi connectivity index (χ4n) is 1.95. The van der Waals surface area contributed by atoms with E-state index in [2.05, 4.69) is 15.9 Å². The number of rotatable bonds is 5. The lowest BCUT2D eigenvalue weighted by molar-refractivity contribution is 0.104. The van der Waals surface area contributed by atoms with Crippen LogP contribution >= 0.6 is 15.9 Å².